The lowest BCUT2D eigenvalue weighted by Crippen LogP contribution is -2.68. The number of likely N-dealkylation sites (N-methyl/N-ethyl adjacent to an activating group) is 2. The van der Waals surface area contributed by atoms with E-state index in [-0.39, 0.29) is 94.1 Å². The molecular weight excluding hydrogens is 1070 g/mol. The Morgan fingerprint density at radius 3 is 1.58 bits per heavy atom. The number of methoxy groups -OCH3 is 4. The second-order valence-corrected chi connectivity index (χ2v) is 22.9. The van der Waals surface area contributed by atoms with E-state index >= 15 is 0 Å². The summed E-state index contributed by atoms with van der Waals surface area (Å²) < 4.78 is 78.9. The van der Waals surface area contributed by atoms with Crippen LogP contribution >= 0.6 is 21.6 Å². The van der Waals surface area contributed by atoms with Crippen molar-refractivity contribution in [3.63, 3.8) is 0 Å². The molecule has 8 heterocycles. The third-order valence-electron chi connectivity index (χ3n) is 18.0. The smallest absolute Gasteiger partial charge is 0.231 e. The molecule has 2 N–H and O–H groups in total. The predicted octanol–water partition coefficient (Wildman–Crippen LogP) is 7.15. The Hall–Kier alpha value is -5.58. The molecule has 0 aliphatic carbocycles. The van der Waals surface area contributed by atoms with Gasteiger partial charge >= 0.3 is 0 Å². The third kappa shape index (κ3) is 9.25. The Balaban J connectivity index is 0.000000174. The summed E-state index contributed by atoms with van der Waals surface area (Å²) in [5.41, 5.74) is 11.7. The van der Waals surface area contributed by atoms with Gasteiger partial charge in [-0.2, -0.15) is 19.6 Å². The number of aliphatic hydroxyl groups excluding tert-OH is 1. The van der Waals surface area contributed by atoms with Gasteiger partial charge in [0.2, 0.25) is 21.3 Å². The molecule has 4 bridgehead atoms. The molecule has 434 valence electrons. The van der Waals surface area contributed by atoms with Crippen LogP contribution in [0.4, 0.5) is 0 Å². The standard InChI is InChI=1S/C31H39N3O6.C28H33N3O7.BH4PS/c1-8-20-25-19(28(37-9-2)17(4)29-31(25)40-15-39-29)12-22-26-24-18(11-21(33(26)5)23(13-32)34(20)22)10-16(3)27(36-7)30(24)38-14-35-6;1-13-6-15-7-17-19(9-29)31-18(23(30(17)3)21(15)27(25(13)35-5)36-11-34-4)8-16-22(20(31)10-32)28-26(37-12-38-28)14(2)24(16)33;2-1-3/h10,20-23,26H,8-9,11-12,14-15H2,1-7H3;6,17-20,23,32-33H,7-8,10-12H2,1-5H3;1,3H,2H2/t20-,21-,22-,23-,26-;17-,18-,19-,20-,23-;/m00./s1/i;32T;1D. The first-order chi connectivity index (χ1) is 40.0. The van der Waals surface area contributed by atoms with E-state index in [4.69, 9.17) is 60.0 Å². The second-order valence-electron chi connectivity index (χ2n) is 21.7. The van der Waals surface area contributed by atoms with Crippen LogP contribution in [0.25, 0.3) is 0 Å². The fraction of sp³-hybridized carbons (Fsp3) is 0.559. The molecule has 0 spiro atoms. The zero-order chi connectivity index (χ0) is 59.5. The number of nitrogens with zero attached hydrogens (tertiary/aromatic N) is 6. The van der Waals surface area contributed by atoms with Crippen molar-refractivity contribution in [1.29, 1.82) is 13.3 Å². The Labute approximate surface area is 486 Å². The molecule has 8 aliphatic rings. The highest BCUT2D eigenvalue weighted by Gasteiger charge is 2.59. The summed E-state index contributed by atoms with van der Waals surface area (Å²) in [7, 11) is 12.9. The zero-order valence-corrected chi connectivity index (χ0v) is 50.4. The molecule has 2 fully saturated rings. The van der Waals surface area contributed by atoms with E-state index in [1.54, 1.807) is 28.4 Å². The number of piperazine rings is 2. The van der Waals surface area contributed by atoms with Crippen molar-refractivity contribution in [2.24, 2.45) is 0 Å². The number of aryl methyl sites for hydroxylation is 2. The normalized spacial score (nSPS) is 26.3. The van der Waals surface area contributed by atoms with E-state index in [0.29, 0.717) is 54.4 Å². The minimum atomic E-state index is -0.501. The highest BCUT2D eigenvalue weighted by atomic mass is 32.1. The monoisotopic (exact) mass is 1150 g/mol. The summed E-state index contributed by atoms with van der Waals surface area (Å²) in [6, 6.07) is 7.77. The van der Waals surface area contributed by atoms with Gasteiger partial charge in [0, 0.05) is 88.9 Å². The largest absolute Gasteiger partial charge is 0.507 e. The van der Waals surface area contributed by atoms with Gasteiger partial charge in [0.15, 0.2) is 59.6 Å². The van der Waals surface area contributed by atoms with Gasteiger partial charge in [-0.3, -0.25) is 19.6 Å². The molecule has 2 saturated heterocycles. The number of fused-ring (bicyclic) bond motifs is 18. The average molecular weight is 1150 g/mol. The first-order valence-electron chi connectivity index (χ1n) is 28.6. The quantitative estimate of drug-likeness (QED) is 0.0526. The Bertz CT molecular complexity index is 3230. The fourth-order valence-corrected chi connectivity index (χ4v) is 15.1. The van der Waals surface area contributed by atoms with Gasteiger partial charge in [-0.1, -0.05) is 19.1 Å². The molecular formula is C59H76BN6O13PS. The fourth-order valence-electron chi connectivity index (χ4n) is 15.1. The molecule has 0 aromatic heterocycles. The topological polar surface area (TPSA) is 203 Å². The molecule has 4 aromatic rings. The van der Waals surface area contributed by atoms with Crippen molar-refractivity contribution in [3.05, 3.63) is 78.9 Å². The number of nitriles is 2. The summed E-state index contributed by atoms with van der Waals surface area (Å²) >= 11 is 3.60. The maximum absolute atomic E-state index is 11.4. The molecule has 4 aromatic carbocycles. The van der Waals surface area contributed by atoms with Gasteiger partial charge in [-0.25, -0.2) is 12.5 Å². The SMILES string of the molecule is CCOc1c(C)c2c(c3c1C[C@H]1[C@H]4c5c(cc(C)c(OC)c5OCOC)C[C@@H]([C@H](C#N)N1[C@H]3CC)N4C)OCO2.[2H]B(P)S.[3H]OC[C@H]1c2c(c(O)c(C)c3c2OCO3)C[C@H]2[C@H]3c4c(cc(C)c(OC)c4OCOC)C[C@@H]([C@H](C#N)N12)N3C. The molecule has 0 amide bonds. The van der Waals surface area contributed by atoms with Crippen molar-refractivity contribution in [1.82, 2.24) is 19.6 Å². The number of thiol groups is 1. The first kappa shape index (κ1) is 55.9. The van der Waals surface area contributed by atoms with Crippen molar-refractivity contribution < 1.29 is 62.3 Å². The molecule has 0 saturated carbocycles. The van der Waals surface area contributed by atoms with Crippen molar-refractivity contribution in [2.75, 3.05) is 82.9 Å². The average Bonchev–Trinajstić information content (AvgIpc) is 2.02. The second kappa shape index (κ2) is 24.0. The van der Waals surface area contributed by atoms with Crippen LogP contribution in [-0.2, 0) is 35.2 Å². The molecule has 81 heavy (non-hydrogen) atoms. The molecule has 1 unspecified atom stereocenters. The Morgan fingerprint density at radius 1 is 0.679 bits per heavy atom. The van der Waals surface area contributed by atoms with E-state index in [0.717, 1.165) is 97.2 Å². The van der Waals surface area contributed by atoms with Crippen molar-refractivity contribution >= 4 is 27.8 Å². The van der Waals surface area contributed by atoms with Crippen molar-refractivity contribution in [3.8, 4) is 69.6 Å². The Morgan fingerprint density at radius 2 is 1.14 bits per heavy atom. The lowest BCUT2D eigenvalue weighted by Gasteiger charge is -2.60. The van der Waals surface area contributed by atoms with Gasteiger partial charge in [-0.05, 0) is 104 Å². The molecule has 12 rings (SSSR count). The lowest BCUT2D eigenvalue weighted by atomic mass is 9.71. The van der Waals surface area contributed by atoms with Crippen LogP contribution in [0.2, 0.25) is 0 Å². The minimum Gasteiger partial charge on any atom is -0.507 e. The number of hydrogen-bond donors (Lipinski definition) is 3. The van der Waals surface area contributed by atoms with E-state index < -0.39 is 12.1 Å². The van der Waals surface area contributed by atoms with E-state index in [1.165, 1.54) is 5.56 Å². The minimum absolute atomic E-state index is 0.000241. The molecule has 11 atom stereocenters. The molecule has 19 nitrogen and oxygen atoms in total. The number of phenolic OH excluding ortho intramolecular Hbond substituents is 1. The number of benzene rings is 4. The lowest BCUT2D eigenvalue weighted by molar-refractivity contribution is -0.0832. The van der Waals surface area contributed by atoms with Gasteiger partial charge in [0.1, 0.15) is 23.6 Å². The van der Waals surface area contributed by atoms with Crippen LogP contribution in [0.1, 0.15) is 111 Å². The maximum atomic E-state index is 11.4. The van der Waals surface area contributed by atoms with Crippen LogP contribution in [0.3, 0.4) is 0 Å². The molecule has 8 aliphatic heterocycles. The van der Waals surface area contributed by atoms with Gasteiger partial charge in [0.25, 0.3) is 0 Å². The summed E-state index contributed by atoms with van der Waals surface area (Å²) in [4.78, 5) is 9.27. The Kier molecular flexibility index (Phi) is 16.5. The number of ether oxygens (including phenoxy) is 11. The zero-order valence-electron chi connectivity index (χ0n) is 50.3. The highest BCUT2D eigenvalue weighted by molar-refractivity contribution is 8.20. The number of rotatable bonds is 13. The summed E-state index contributed by atoms with van der Waals surface area (Å²) in [6.07, 6.45) is 3.06. The van der Waals surface area contributed by atoms with Crippen LogP contribution in [0.15, 0.2) is 12.1 Å². The van der Waals surface area contributed by atoms with Crippen LogP contribution in [0.5, 0.6) is 57.5 Å². The highest BCUT2D eigenvalue weighted by Crippen LogP contribution is 2.61. The number of aliphatic hydroxyl groups is 1. The van der Waals surface area contributed by atoms with Crippen LogP contribution in [0, 0.1) is 50.4 Å². The van der Waals surface area contributed by atoms with Crippen molar-refractivity contribution in [2.45, 2.75) is 134 Å². The number of hydrogen-bond acceptors (Lipinski definition) is 20. The van der Waals surface area contributed by atoms with E-state index in [9.17, 15) is 15.6 Å². The maximum Gasteiger partial charge on any atom is 0.231 e. The number of phenols is 1. The van der Waals surface area contributed by atoms with Gasteiger partial charge in [-0.15, -0.1) is 0 Å². The van der Waals surface area contributed by atoms with Gasteiger partial charge < -0.3 is 62.3 Å². The first-order valence-corrected chi connectivity index (χ1v) is 28.8. The van der Waals surface area contributed by atoms with Gasteiger partial charge in [0.05, 0.1) is 57.7 Å². The summed E-state index contributed by atoms with van der Waals surface area (Å²) in [5.74, 6) is 6.41. The molecule has 0 radical (unpaired) electrons. The van der Waals surface area contributed by atoms with Crippen LogP contribution in [-0.4, -0.2) is 158 Å². The third-order valence-corrected chi connectivity index (χ3v) is 18.0. The summed E-state index contributed by atoms with van der Waals surface area (Å²) in [6.45, 7) is 13.1. The summed E-state index contributed by atoms with van der Waals surface area (Å²) in [5, 5.41) is 37.7. The number of aromatic hydroxyl groups is 1. The molecule has 22 heteroatoms. The van der Waals surface area contributed by atoms with Crippen LogP contribution < -0.4 is 42.6 Å². The van der Waals surface area contributed by atoms with E-state index in [1.807, 2.05) is 41.7 Å². The van der Waals surface area contributed by atoms with E-state index in [2.05, 4.69) is 79.4 Å². The predicted molar refractivity (Wildman–Crippen MR) is 310 cm³/mol.